The molecule has 0 aromatic heterocycles. The molecule has 1 nitrogen and oxygen atoms in total. The van der Waals surface area contributed by atoms with Crippen molar-refractivity contribution in [2.45, 2.75) is 51.6 Å². The first-order chi connectivity index (χ1) is 8.94. The summed E-state index contributed by atoms with van der Waals surface area (Å²) in [5.74, 6) is -0.677. The summed E-state index contributed by atoms with van der Waals surface area (Å²) in [6.45, 7) is 4.14. The molecule has 1 aliphatic carbocycles. The lowest BCUT2D eigenvalue weighted by molar-refractivity contribution is -0.0662. The van der Waals surface area contributed by atoms with Crippen molar-refractivity contribution in [2.75, 3.05) is 0 Å². The van der Waals surface area contributed by atoms with Gasteiger partial charge in [0.1, 0.15) is 11.6 Å². The van der Waals surface area contributed by atoms with Crippen LogP contribution >= 0.6 is 0 Å². The fourth-order valence-corrected chi connectivity index (χ4v) is 3.43. The van der Waals surface area contributed by atoms with E-state index in [0.717, 1.165) is 19.3 Å². The van der Waals surface area contributed by atoms with Crippen LogP contribution in [0.1, 0.15) is 45.1 Å². The van der Waals surface area contributed by atoms with Crippen LogP contribution in [-0.2, 0) is 6.42 Å². The van der Waals surface area contributed by atoms with Gasteiger partial charge in [-0.25, -0.2) is 8.78 Å². The Balaban J connectivity index is 2.28. The molecule has 2 rings (SSSR count). The van der Waals surface area contributed by atoms with Crippen molar-refractivity contribution >= 4 is 0 Å². The minimum Gasteiger partial charge on any atom is -0.389 e. The smallest absolute Gasteiger partial charge is 0.129 e. The molecule has 0 aliphatic heterocycles. The van der Waals surface area contributed by atoms with Gasteiger partial charge in [-0.2, -0.15) is 0 Å². The number of hydrogen-bond acceptors (Lipinski definition) is 1. The van der Waals surface area contributed by atoms with Gasteiger partial charge in [0.2, 0.25) is 0 Å². The van der Waals surface area contributed by atoms with E-state index in [-0.39, 0.29) is 17.9 Å². The van der Waals surface area contributed by atoms with Gasteiger partial charge in [0.25, 0.3) is 0 Å². The van der Waals surface area contributed by atoms with Crippen LogP contribution in [0.2, 0.25) is 0 Å². The van der Waals surface area contributed by atoms with Crippen molar-refractivity contribution in [2.24, 2.45) is 11.8 Å². The first-order valence-electron chi connectivity index (χ1n) is 7.09. The molecule has 0 radical (unpaired) electrons. The maximum absolute atomic E-state index is 13.8. The molecule has 0 spiro atoms. The highest BCUT2D eigenvalue weighted by molar-refractivity contribution is 5.22. The molecule has 106 valence electrons. The van der Waals surface area contributed by atoms with E-state index in [4.69, 9.17) is 0 Å². The first-order valence-corrected chi connectivity index (χ1v) is 7.09. The molecule has 1 aliphatic rings. The molecule has 0 amide bonds. The highest BCUT2D eigenvalue weighted by Gasteiger charge is 2.41. The third kappa shape index (κ3) is 2.97. The monoisotopic (exact) mass is 268 g/mol. The van der Waals surface area contributed by atoms with Gasteiger partial charge in [-0.1, -0.05) is 32.8 Å². The normalized spacial score (nSPS) is 27.8. The van der Waals surface area contributed by atoms with Gasteiger partial charge < -0.3 is 5.11 Å². The average molecular weight is 268 g/mol. The third-order valence-corrected chi connectivity index (χ3v) is 4.41. The van der Waals surface area contributed by atoms with Crippen molar-refractivity contribution in [1.29, 1.82) is 0 Å². The molecular formula is C16H22F2O. The summed E-state index contributed by atoms with van der Waals surface area (Å²) in [5.41, 5.74) is -0.951. The zero-order chi connectivity index (χ0) is 14.0. The van der Waals surface area contributed by atoms with Gasteiger partial charge in [0.15, 0.2) is 0 Å². The summed E-state index contributed by atoms with van der Waals surface area (Å²) in [5, 5.41) is 10.9. The van der Waals surface area contributed by atoms with E-state index < -0.39 is 17.2 Å². The maximum atomic E-state index is 13.8. The third-order valence-electron chi connectivity index (χ3n) is 4.41. The lowest BCUT2D eigenvalue weighted by atomic mass is 9.68. The summed E-state index contributed by atoms with van der Waals surface area (Å²) in [7, 11) is 0. The molecule has 19 heavy (non-hydrogen) atoms. The molecule has 0 saturated heterocycles. The molecule has 1 aromatic rings. The lowest BCUT2D eigenvalue weighted by Crippen LogP contribution is -2.45. The second-order valence-corrected chi connectivity index (χ2v) is 6.08. The largest absolute Gasteiger partial charge is 0.389 e. The van der Waals surface area contributed by atoms with Crippen LogP contribution < -0.4 is 0 Å². The molecule has 1 fully saturated rings. The Morgan fingerprint density at radius 2 is 1.89 bits per heavy atom. The van der Waals surface area contributed by atoms with Crippen LogP contribution in [0.5, 0.6) is 0 Å². The van der Waals surface area contributed by atoms with Gasteiger partial charge in [-0.05, 0) is 36.8 Å². The Morgan fingerprint density at radius 1 is 1.26 bits per heavy atom. The topological polar surface area (TPSA) is 20.2 Å². The molecule has 3 heteroatoms. The van der Waals surface area contributed by atoms with E-state index in [1.54, 1.807) is 0 Å². The number of aliphatic hydroxyl groups is 1. The second kappa shape index (κ2) is 5.58. The SMILES string of the molecule is CC(C)C1CCCCC1(O)Cc1c(F)cccc1F. The van der Waals surface area contributed by atoms with Crippen molar-refractivity contribution in [1.82, 2.24) is 0 Å². The van der Waals surface area contributed by atoms with E-state index in [2.05, 4.69) is 13.8 Å². The van der Waals surface area contributed by atoms with Crippen molar-refractivity contribution in [3.8, 4) is 0 Å². The molecular weight excluding hydrogens is 246 g/mol. The quantitative estimate of drug-likeness (QED) is 0.875. The summed E-state index contributed by atoms with van der Waals surface area (Å²) < 4.78 is 27.5. The summed E-state index contributed by atoms with van der Waals surface area (Å²) in [4.78, 5) is 0. The summed E-state index contributed by atoms with van der Waals surface area (Å²) in [6.07, 6.45) is 3.66. The molecule has 1 saturated carbocycles. The number of halogens is 2. The van der Waals surface area contributed by atoms with Crippen molar-refractivity contribution < 1.29 is 13.9 Å². The predicted molar refractivity (Wildman–Crippen MR) is 71.8 cm³/mol. The average Bonchev–Trinajstić information content (AvgIpc) is 2.34. The predicted octanol–water partition coefficient (Wildman–Crippen LogP) is 4.08. The highest BCUT2D eigenvalue weighted by atomic mass is 19.1. The number of benzene rings is 1. The van der Waals surface area contributed by atoms with Crippen LogP contribution in [0.25, 0.3) is 0 Å². The standard InChI is InChI=1S/C16H22F2O/c1-11(2)13-6-3-4-9-16(13,19)10-12-14(17)7-5-8-15(12)18/h5,7-8,11,13,19H,3-4,6,9-10H2,1-2H3. The molecule has 0 heterocycles. The minimum absolute atomic E-state index is 0.0255. The molecule has 1 N–H and O–H groups in total. The summed E-state index contributed by atoms with van der Waals surface area (Å²) in [6, 6.07) is 3.88. The minimum atomic E-state index is -0.977. The zero-order valence-corrected chi connectivity index (χ0v) is 11.6. The Kier molecular flexibility index (Phi) is 4.24. The van der Waals surface area contributed by atoms with Gasteiger partial charge in [-0.15, -0.1) is 0 Å². The van der Waals surface area contributed by atoms with Gasteiger partial charge in [-0.3, -0.25) is 0 Å². The maximum Gasteiger partial charge on any atom is 0.129 e. The van der Waals surface area contributed by atoms with E-state index in [1.165, 1.54) is 18.2 Å². The Labute approximate surface area is 113 Å². The van der Waals surface area contributed by atoms with Gasteiger partial charge in [0.05, 0.1) is 5.60 Å². The van der Waals surface area contributed by atoms with E-state index >= 15 is 0 Å². The molecule has 1 aromatic carbocycles. The Morgan fingerprint density at radius 3 is 2.47 bits per heavy atom. The molecule has 0 bridgehead atoms. The van der Waals surface area contributed by atoms with E-state index in [0.29, 0.717) is 12.3 Å². The lowest BCUT2D eigenvalue weighted by Gasteiger charge is -2.42. The van der Waals surface area contributed by atoms with E-state index in [1.807, 2.05) is 0 Å². The van der Waals surface area contributed by atoms with Crippen LogP contribution in [0, 0.1) is 23.5 Å². The Bertz CT molecular complexity index is 424. The molecule has 2 unspecified atom stereocenters. The van der Waals surface area contributed by atoms with Crippen LogP contribution in [0.3, 0.4) is 0 Å². The zero-order valence-electron chi connectivity index (χ0n) is 11.6. The fraction of sp³-hybridized carbons (Fsp3) is 0.625. The van der Waals surface area contributed by atoms with Gasteiger partial charge in [0, 0.05) is 12.0 Å². The Hall–Kier alpha value is -0.960. The summed E-state index contributed by atoms with van der Waals surface area (Å²) >= 11 is 0. The van der Waals surface area contributed by atoms with Crippen LogP contribution in [-0.4, -0.2) is 10.7 Å². The van der Waals surface area contributed by atoms with Crippen molar-refractivity contribution in [3.63, 3.8) is 0 Å². The molecule has 2 atom stereocenters. The first kappa shape index (κ1) is 14.4. The fourth-order valence-electron chi connectivity index (χ4n) is 3.43. The number of rotatable bonds is 3. The van der Waals surface area contributed by atoms with Crippen LogP contribution in [0.4, 0.5) is 8.78 Å². The second-order valence-electron chi connectivity index (χ2n) is 6.08. The number of hydrogen-bond donors (Lipinski definition) is 1. The highest BCUT2D eigenvalue weighted by Crippen LogP contribution is 2.41. The van der Waals surface area contributed by atoms with Gasteiger partial charge >= 0.3 is 0 Å². The van der Waals surface area contributed by atoms with Crippen molar-refractivity contribution in [3.05, 3.63) is 35.4 Å². The van der Waals surface area contributed by atoms with Crippen LogP contribution in [0.15, 0.2) is 18.2 Å². The van der Waals surface area contributed by atoms with E-state index in [9.17, 15) is 13.9 Å².